The van der Waals surface area contributed by atoms with E-state index in [1.54, 1.807) is 0 Å². The summed E-state index contributed by atoms with van der Waals surface area (Å²) in [5.41, 5.74) is 5.10. The summed E-state index contributed by atoms with van der Waals surface area (Å²) in [5.74, 6) is 7.49. The molecule has 1 unspecified atom stereocenters. The average Bonchev–Trinajstić information content (AvgIpc) is 3.05. The van der Waals surface area contributed by atoms with E-state index >= 15 is 0 Å². The van der Waals surface area contributed by atoms with E-state index in [0.29, 0.717) is 0 Å². The van der Waals surface area contributed by atoms with Gasteiger partial charge >= 0.3 is 0 Å². The van der Waals surface area contributed by atoms with Crippen LogP contribution >= 0.6 is 0 Å². The number of benzene rings is 1. The molecule has 2 aromatic rings. The second-order valence-electron chi connectivity index (χ2n) is 5.75. The number of hydrazine groups is 1. The van der Waals surface area contributed by atoms with Crippen molar-refractivity contribution in [3.05, 3.63) is 35.6 Å². The summed E-state index contributed by atoms with van der Waals surface area (Å²) in [7, 11) is 0. The molecule has 1 heterocycles. The maximum absolute atomic E-state index is 6.02. The molecule has 19 heavy (non-hydrogen) atoms. The highest BCUT2D eigenvalue weighted by molar-refractivity contribution is 5.80. The topological polar surface area (TPSA) is 51.2 Å². The van der Waals surface area contributed by atoms with Crippen LogP contribution in [0.15, 0.2) is 28.7 Å². The fourth-order valence-electron chi connectivity index (χ4n) is 3.25. The fourth-order valence-corrected chi connectivity index (χ4v) is 3.25. The summed E-state index contributed by atoms with van der Waals surface area (Å²) in [4.78, 5) is 0. The summed E-state index contributed by atoms with van der Waals surface area (Å²) in [6, 6.07) is 8.51. The van der Waals surface area contributed by atoms with Crippen molar-refractivity contribution in [3.63, 3.8) is 0 Å². The molecule has 0 amide bonds. The number of para-hydroxylation sites is 1. The first kappa shape index (κ1) is 12.7. The molecule has 1 aliphatic rings. The van der Waals surface area contributed by atoms with Crippen LogP contribution in [0.2, 0.25) is 0 Å². The van der Waals surface area contributed by atoms with Crippen molar-refractivity contribution in [2.75, 3.05) is 0 Å². The van der Waals surface area contributed by atoms with Gasteiger partial charge in [-0.25, -0.2) is 5.43 Å². The Morgan fingerprint density at radius 1 is 1.37 bits per heavy atom. The van der Waals surface area contributed by atoms with E-state index in [1.165, 1.54) is 36.6 Å². The van der Waals surface area contributed by atoms with Crippen molar-refractivity contribution >= 4 is 11.0 Å². The molecule has 0 saturated heterocycles. The average molecular weight is 258 g/mol. The molecule has 3 rings (SSSR count). The van der Waals surface area contributed by atoms with Crippen LogP contribution in [-0.2, 0) is 0 Å². The van der Waals surface area contributed by atoms with Crippen LogP contribution in [0.5, 0.6) is 0 Å². The number of nitrogens with one attached hydrogen (secondary N) is 1. The highest BCUT2D eigenvalue weighted by atomic mass is 16.3. The van der Waals surface area contributed by atoms with Crippen molar-refractivity contribution in [1.82, 2.24) is 5.43 Å². The van der Waals surface area contributed by atoms with Gasteiger partial charge in [-0.05, 0) is 30.9 Å². The van der Waals surface area contributed by atoms with Gasteiger partial charge in [0.15, 0.2) is 0 Å². The Balaban J connectivity index is 1.86. The standard InChI is InChI=1S/C16H22N2O/c1-11-5-4-8-13-10-15(19-16(11)13)14(18-17)9-12-6-2-3-7-12/h4-5,8,10,12,14,18H,2-3,6-7,9,17H2,1H3. The van der Waals surface area contributed by atoms with E-state index in [4.69, 9.17) is 10.3 Å². The SMILES string of the molecule is Cc1cccc2cc(C(CC3CCCC3)NN)oc12. The van der Waals surface area contributed by atoms with E-state index in [2.05, 4.69) is 36.6 Å². The van der Waals surface area contributed by atoms with Crippen molar-refractivity contribution in [1.29, 1.82) is 0 Å². The Hall–Kier alpha value is -1.32. The summed E-state index contributed by atoms with van der Waals surface area (Å²) >= 11 is 0. The van der Waals surface area contributed by atoms with Crippen molar-refractivity contribution in [2.45, 2.75) is 45.1 Å². The summed E-state index contributed by atoms with van der Waals surface area (Å²) in [6.07, 6.45) is 6.46. The molecule has 3 nitrogen and oxygen atoms in total. The number of fused-ring (bicyclic) bond motifs is 1. The van der Waals surface area contributed by atoms with E-state index in [0.717, 1.165) is 23.7 Å². The van der Waals surface area contributed by atoms with Gasteiger partial charge in [0.2, 0.25) is 0 Å². The van der Waals surface area contributed by atoms with Crippen molar-refractivity contribution < 1.29 is 4.42 Å². The Labute approximate surface area is 114 Å². The van der Waals surface area contributed by atoms with Crippen LogP contribution in [-0.4, -0.2) is 0 Å². The number of hydrogen-bond donors (Lipinski definition) is 2. The second kappa shape index (κ2) is 5.35. The smallest absolute Gasteiger partial charge is 0.137 e. The van der Waals surface area contributed by atoms with E-state index in [-0.39, 0.29) is 6.04 Å². The zero-order valence-corrected chi connectivity index (χ0v) is 11.5. The molecule has 1 aromatic heterocycles. The molecule has 1 saturated carbocycles. The highest BCUT2D eigenvalue weighted by Crippen LogP contribution is 2.34. The molecule has 0 spiro atoms. The lowest BCUT2D eigenvalue weighted by Crippen LogP contribution is -2.29. The van der Waals surface area contributed by atoms with Gasteiger partial charge in [0.05, 0.1) is 6.04 Å². The number of aryl methyl sites for hydroxylation is 1. The van der Waals surface area contributed by atoms with Gasteiger partial charge in [-0.3, -0.25) is 5.84 Å². The minimum absolute atomic E-state index is 0.134. The molecule has 0 aliphatic heterocycles. The van der Waals surface area contributed by atoms with Crippen LogP contribution in [0.25, 0.3) is 11.0 Å². The third kappa shape index (κ3) is 2.53. The Bertz CT molecular complexity index is 555. The molecule has 1 atom stereocenters. The molecular weight excluding hydrogens is 236 g/mol. The van der Waals surface area contributed by atoms with E-state index in [1.807, 2.05) is 0 Å². The number of furan rings is 1. The van der Waals surface area contributed by atoms with Gasteiger partial charge in [0.1, 0.15) is 11.3 Å². The van der Waals surface area contributed by atoms with Gasteiger partial charge < -0.3 is 4.42 Å². The Kier molecular flexibility index (Phi) is 3.58. The Morgan fingerprint density at radius 3 is 2.84 bits per heavy atom. The molecule has 3 heteroatoms. The lowest BCUT2D eigenvalue weighted by molar-refractivity contribution is 0.353. The van der Waals surface area contributed by atoms with Gasteiger partial charge in [-0.2, -0.15) is 0 Å². The van der Waals surface area contributed by atoms with Crippen LogP contribution in [0.3, 0.4) is 0 Å². The lowest BCUT2D eigenvalue weighted by atomic mass is 9.97. The maximum Gasteiger partial charge on any atom is 0.137 e. The minimum atomic E-state index is 0.134. The summed E-state index contributed by atoms with van der Waals surface area (Å²) in [6.45, 7) is 2.08. The number of nitrogens with two attached hydrogens (primary N) is 1. The fraction of sp³-hybridized carbons (Fsp3) is 0.500. The van der Waals surface area contributed by atoms with Gasteiger partial charge in [0.25, 0.3) is 0 Å². The minimum Gasteiger partial charge on any atom is -0.459 e. The molecule has 102 valence electrons. The van der Waals surface area contributed by atoms with Gasteiger partial charge in [0, 0.05) is 5.39 Å². The molecule has 0 radical (unpaired) electrons. The second-order valence-corrected chi connectivity index (χ2v) is 5.75. The highest BCUT2D eigenvalue weighted by Gasteiger charge is 2.23. The number of rotatable bonds is 4. The van der Waals surface area contributed by atoms with E-state index in [9.17, 15) is 0 Å². The molecule has 3 N–H and O–H groups in total. The first-order valence-electron chi connectivity index (χ1n) is 7.23. The third-order valence-electron chi connectivity index (χ3n) is 4.35. The molecule has 1 aliphatic carbocycles. The van der Waals surface area contributed by atoms with E-state index < -0.39 is 0 Å². The van der Waals surface area contributed by atoms with Crippen LogP contribution < -0.4 is 11.3 Å². The first-order valence-corrected chi connectivity index (χ1v) is 7.23. The molecule has 1 fully saturated rings. The predicted octanol–water partition coefficient (Wildman–Crippen LogP) is 3.83. The molecule has 1 aromatic carbocycles. The number of hydrogen-bond acceptors (Lipinski definition) is 3. The van der Waals surface area contributed by atoms with Gasteiger partial charge in [-0.15, -0.1) is 0 Å². The summed E-state index contributed by atoms with van der Waals surface area (Å²) < 4.78 is 6.02. The molecule has 0 bridgehead atoms. The quantitative estimate of drug-likeness (QED) is 0.647. The van der Waals surface area contributed by atoms with Crippen LogP contribution in [0.1, 0.15) is 49.5 Å². The first-order chi connectivity index (χ1) is 9.28. The van der Waals surface area contributed by atoms with Crippen molar-refractivity contribution in [3.8, 4) is 0 Å². The summed E-state index contributed by atoms with van der Waals surface area (Å²) in [5, 5.41) is 1.17. The Morgan fingerprint density at radius 2 is 2.16 bits per heavy atom. The predicted molar refractivity (Wildman–Crippen MR) is 77.6 cm³/mol. The van der Waals surface area contributed by atoms with Crippen molar-refractivity contribution in [2.24, 2.45) is 11.8 Å². The normalized spacial score (nSPS) is 18.2. The van der Waals surface area contributed by atoms with Crippen LogP contribution in [0, 0.1) is 12.8 Å². The zero-order valence-electron chi connectivity index (χ0n) is 11.5. The largest absolute Gasteiger partial charge is 0.459 e. The molecular formula is C16H22N2O. The third-order valence-corrected chi connectivity index (χ3v) is 4.35. The monoisotopic (exact) mass is 258 g/mol. The van der Waals surface area contributed by atoms with Gasteiger partial charge in [-0.1, -0.05) is 43.9 Å². The lowest BCUT2D eigenvalue weighted by Gasteiger charge is -2.17. The zero-order chi connectivity index (χ0) is 13.2. The van der Waals surface area contributed by atoms with Crippen LogP contribution in [0.4, 0.5) is 0 Å². The maximum atomic E-state index is 6.02.